The first kappa shape index (κ1) is 23.0. The number of hydrogen-bond acceptors (Lipinski definition) is 7. The lowest BCUT2D eigenvalue weighted by Gasteiger charge is -2.12. The van der Waals surface area contributed by atoms with Crippen molar-refractivity contribution in [1.29, 1.82) is 0 Å². The summed E-state index contributed by atoms with van der Waals surface area (Å²) in [7, 11) is 0. The summed E-state index contributed by atoms with van der Waals surface area (Å²) in [5, 5.41) is 11.2. The standard InChI is InChI=1S/C21H26IN5O4/c1-5-29-16-8-7-15(11-17(16)30-6-2)9-10-23-20(28)21-24-18(26-31-21)12-27-14(4)19(22)13(3)25-27/h7-8,11H,5-6,9-10,12H2,1-4H3,(H,23,28). The minimum absolute atomic E-state index is 0.0621. The summed E-state index contributed by atoms with van der Waals surface area (Å²) in [6.45, 7) is 9.67. The number of nitrogens with one attached hydrogen (secondary N) is 1. The summed E-state index contributed by atoms with van der Waals surface area (Å²) in [6, 6.07) is 5.78. The van der Waals surface area contributed by atoms with Crippen molar-refractivity contribution in [3.8, 4) is 11.5 Å². The Labute approximate surface area is 194 Å². The monoisotopic (exact) mass is 539 g/mol. The lowest BCUT2D eigenvalue weighted by molar-refractivity contribution is 0.0910. The lowest BCUT2D eigenvalue weighted by atomic mass is 10.1. The van der Waals surface area contributed by atoms with E-state index >= 15 is 0 Å². The van der Waals surface area contributed by atoms with E-state index in [-0.39, 0.29) is 5.89 Å². The molecular formula is C21H26IN5O4. The zero-order valence-electron chi connectivity index (χ0n) is 18.1. The Morgan fingerprint density at radius 3 is 2.61 bits per heavy atom. The zero-order valence-corrected chi connectivity index (χ0v) is 20.2. The molecule has 3 aromatic rings. The average molecular weight is 539 g/mol. The van der Waals surface area contributed by atoms with Crippen LogP contribution in [-0.4, -0.2) is 45.6 Å². The Morgan fingerprint density at radius 1 is 1.19 bits per heavy atom. The number of aryl methyl sites for hydroxylation is 1. The molecule has 0 aliphatic carbocycles. The van der Waals surface area contributed by atoms with Crippen LogP contribution in [0.2, 0.25) is 0 Å². The number of carbonyl (C=O) groups excluding carboxylic acids is 1. The first-order chi connectivity index (χ1) is 14.9. The molecule has 166 valence electrons. The topological polar surface area (TPSA) is 104 Å². The average Bonchev–Trinajstić information content (AvgIpc) is 3.31. The fourth-order valence-electron chi connectivity index (χ4n) is 3.02. The minimum Gasteiger partial charge on any atom is -0.490 e. The largest absolute Gasteiger partial charge is 0.490 e. The van der Waals surface area contributed by atoms with E-state index in [0.29, 0.717) is 50.0 Å². The van der Waals surface area contributed by atoms with Gasteiger partial charge in [-0.15, -0.1) is 0 Å². The van der Waals surface area contributed by atoms with Gasteiger partial charge in [-0.3, -0.25) is 9.48 Å². The Morgan fingerprint density at radius 2 is 1.94 bits per heavy atom. The molecule has 0 aliphatic rings. The van der Waals surface area contributed by atoms with Gasteiger partial charge in [0.25, 0.3) is 0 Å². The molecule has 2 heterocycles. The third-order valence-electron chi connectivity index (χ3n) is 4.55. The van der Waals surface area contributed by atoms with Crippen LogP contribution in [0.5, 0.6) is 11.5 Å². The molecule has 0 unspecified atom stereocenters. The fraction of sp³-hybridized carbons (Fsp3) is 0.429. The van der Waals surface area contributed by atoms with Crippen LogP contribution >= 0.6 is 22.6 Å². The van der Waals surface area contributed by atoms with E-state index in [1.165, 1.54) is 0 Å². The number of carbonyl (C=O) groups is 1. The number of halogens is 1. The van der Waals surface area contributed by atoms with E-state index in [9.17, 15) is 4.79 Å². The molecule has 0 radical (unpaired) electrons. The van der Waals surface area contributed by atoms with E-state index in [1.54, 1.807) is 4.68 Å². The predicted molar refractivity (Wildman–Crippen MR) is 123 cm³/mol. The lowest BCUT2D eigenvalue weighted by Crippen LogP contribution is -2.26. The minimum atomic E-state index is -0.405. The molecule has 0 fully saturated rings. The van der Waals surface area contributed by atoms with Gasteiger partial charge in [-0.05, 0) is 74.4 Å². The van der Waals surface area contributed by atoms with Crippen molar-refractivity contribution in [1.82, 2.24) is 25.2 Å². The maximum absolute atomic E-state index is 12.4. The maximum atomic E-state index is 12.4. The predicted octanol–water partition coefficient (Wildman–Crippen LogP) is 3.31. The first-order valence-corrected chi connectivity index (χ1v) is 11.2. The van der Waals surface area contributed by atoms with Crippen LogP contribution in [0.1, 0.15) is 47.3 Å². The fourth-order valence-corrected chi connectivity index (χ4v) is 3.41. The van der Waals surface area contributed by atoms with Crippen molar-refractivity contribution in [3.05, 3.63) is 50.4 Å². The zero-order chi connectivity index (χ0) is 22.4. The summed E-state index contributed by atoms with van der Waals surface area (Å²) in [5.41, 5.74) is 2.99. The second-order valence-electron chi connectivity index (χ2n) is 6.81. The molecule has 1 N–H and O–H groups in total. The maximum Gasteiger partial charge on any atom is 0.316 e. The van der Waals surface area contributed by atoms with Crippen molar-refractivity contribution in [2.24, 2.45) is 0 Å². The number of nitrogens with zero attached hydrogens (tertiary/aromatic N) is 4. The van der Waals surface area contributed by atoms with Crippen LogP contribution in [0, 0.1) is 17.4 Å². The summed E-state index contributed by atoms with van der Waals surface area (Å²) in [4.78, 5) is 16.6. The van der Waals surface area contributed by atoms with Crippen LogP contribution in [0.3, 0.4) is 0 Å². The number of ether oxygens (including phenoxy) is 2. The highest BCUT2D eigenvalue weighted by Crippen LogP contribution is 2.28. The van der Waals surface area contributed by atoms with Gasteiger partial charge in [-0.25, -0.2) is 0 Å². The first-order valence-electron chi connectivity index (χ1n) is 10.1. The number of aromatic nitrogens is 4. The molecule has 1 aromatic carbocycles. The highest BCUT2D eigenvalue weighted by atomic mass is 127. The van der Waals surface area contributed by atoms with Crippen LogP contribution in [-0.2, 0) is 13.0 Å². The quantitative estimate of drug-likeness (QED) is 0.395. The van der Waals surface area contributed by atoms with Gasteiger partial charge in [-0.2, -0.15) is 10.1 Å². The summed E-state index contributed by atoms with van der Waals surface area (Å²) in [5.74, 6) is 1.35. The highest BCUT2D eigenvalue weighted by molar-refractivity contribution is 14.1. The Hall–Kier alpha value is -2.63. The molecule has 0 atom stereocenters. The number of rotatable bonds is 10. The molecule has 2 aromatic heterocycles. The van der Waals surface area contributed by atoms with Crippen molar-refractivity contribution in [3.63, 3.8) is 0 Å². The molecule has 31 heavy (non-hydrogen) atoms. The molecule has 10 heteroatoms. The van der Waals surface area contributed by atoms with Gasteiger partial charge in [0.1, 0.15) is 6.54 Å². The third kappa shape index (κ3) is 5.75. The van der Waals surface area contributed by atoms with E-state index in [0.717, 1.165) is 20.5 Å². The third-order valence-corrected chi connectivity index (χ3v) is 6.11. The second kappa shape index (κ2) is 10.6. The summed E-state index contributed by atoms with van der Waals surface area (Å²) >= 11 is 2.25. The van der Waals surface area contributed by atoms with Gasteiger partial charge >= 0.3 is 11.8 Å². The molecule has 1 amide bonds. The molecule has 3 rings (SSSR count). The van der Waals surface area contributed by atoms with Crippen molar-refractivity contribution in [2.45, 2.75) is 40.7 Å². The van der Waals surface area contributed by atoms with E-state index in [4.69, 9.17) is 14.0 Å². The Balaban J connectivity index is 1.55. The molecule has 0 saturated heterocycles. The molecular weight excluding hydrogens is 513 g/mol. The SMILES string of the molecule is CCOc1ccc(CCNC(=O)c2nc(Cn3nc(C)c(I)c3C)no2)cc1OCC. The molecule has 9 nitrogen and oxygen atoms in total. The normalized spacial score (nSPS) is 10.9. The number of amides is 1. The van der Waals surface area contributed by atoms with Crippen LogP contribution in [0.4, 0.5) is 0 Å². The van der Waals surface area contributed by atoms with Gasteiger partial charge in [0.15, 0.2) is 17.3 Å². The van der Waals surface area contributed by atoms with Crippen LogP contribution < -0.4 is 14.8 Å². The van der Waals surface area contributed by atoms with Gasteiger partial charge in [0, 0.05) is 12.2 Å². The summed E-state index contributed by atoms with van der Waals surface area (Å²) < 4.78 is 19.2. The van der Waals surface area contributed by atoms with Crippen LogP contribution in [0.15, 0.2) is 22.7 Å². The Bertz CT molecular complexity index is 1050. The van der Waals surface area contributed by atoms with Gasteiger partial charge in [0.2, 0.25) is 0 Å². The van der Waals surface area contributed by atoms with Crippen molar-refractivity contribution < 1.29 is 18.8 Å². The van der Waals surface area contributed by atoms with E-state index in [2.05, 4.69) is 43.1 Å². The smallest absolute Gasteiger partial charge is 0.316 e. The molecule has 0 saturated carbocycles. The summed E-state index contributed by atoms with van der Waals surface area (Å²) in [6.07, 6.45) is 0.628. The van der Waals surface area contributed by atoms with Gasteiger partial charge < -0.3 is 19.3 Å². The van der Waals surface area contributed by atoms with Gasteiger partial charge in [0.05, 0.1) is 22.5 Å². The Kier molecular flexibility index (Phi) is 7.88. The molecule has 0 spiro atoms. The highest BCUT2D eigenvalue weighted by Gasteiger charge is 2.17. The van der Waals surface area contributed by atoms with Crippen molar-refractivity contribution in [2.75, 3.05) is 19.8 Å². The number of benzene rings is 1. The second-order valence-corrected chi connectivity index (χ2v) is 7.89. The molecule has 0 aliphatic heterocycles. The van der Waals surface area contributed by atoms with Crippen LogP contribution in [0.25, 0.3) is 0 Å². The van der Waals surface area contributed by atoms with E-state index < -0.39 is 5.91 Å². The van der Waals surface area contributed by atoms with E-state index in [1.807, 2.05) is 45.9 Å². The molecule has 0 bridgehead atoms. The number of hydrogen-bond donors (Lipinski definition) is 1. The van der Waals surface area contributed by atoms with Gasteiger partial charge in [-0.1, -0.05) is 11.2 Å². The van der Waals surface area contributed by atoms with Crippen molar-refractivity contribution >= 4 is 28.5 Å².